The smallest absolute Gasteiger partial charge is 0.0577 e. The van der Waals surface area contributed by atoms with Gasteiger partial charge < -0.3 is 10.2 Å². The number of rotatable bonds is 5. The predicted molar refractivity (Wildman–Crippen MR) is 130 cm³/mol. The Hall–Kier alpha value is -0.340. The van der Waals surface area contributed by atoms with Gasteiger partial charge in [-0.3, -0.25) is 0 Å². The summed E-state index contributed by atoms with van der Waals surface area (Å²) in [4.78, 5) is 0. The second kappa shape index (κ2) is 8.79. The second-order valence-corrected chi connectivity index (χ2v) is 13.0. The van der Waals surface area contributed by atoms with Crippen LogP contribution < -0.4 is 0 Å². The van der Waals surface area contributed by atoms with Crippen molar-refractivity contribution in [3.05, 3.63) is 12.2 Å². The van der Waals surface area contributed by atoms with Crippen molar-refractivity contribution in [3.8, 4) is 0 Å². The second-order valence-electron chi connectivity index (χ2n) is 13.0. The van der Waals surface area contributed by atoms with Crippen LogP contribution in [0, 0.1) is 58.2 Å². The first kappa shape index (κ1) is 23.8. The van der Waals surface area contributed by atoms with Crippen molar-refractivity contribution in [2.24, 2.45) is 58.2 Å². The van der Waals surface area contributed by atoms with Crippen molar-refractivity contribution >= 4 is 0 Å². The van der Waals surface area contributed by atoms with Crippen LogP contribution in [0.15, 0.2) is 12.2 Å². The van der Waals surface area contributed by atoms with Gasteiger partial charge in [0.15, 0.2) is 0 Å². The molecule has 0 bridgehead atoms. The van der Waals surface area contributed by atoms with Gasteiger partial charge >= 0.3 is 0 Å². The number of aliphatic hydroxyl groups excluding tert-OH is 2. The van der Waals surface area contributed by atoms with E-state index in [0.29, 0.717) is 46.3 Å². The largest absolute Gasteiger partial charge is 0.393 e. The Morgan fingerprint density at radius 1 is 0.871 bits per heavy atom. The molecule has 4 saturated carbocycles. The van der Waals surface area contributed by atoms with Crippen molar-refractivity contribution in [3.63, 3.8) is 0 Å². The Kier molecular flexibility index (Phi) is 6.75. The Labute approximate surface area is 192 Å². The maximum Gasteiger partial charge on any atom is 0.0577 e. The maximum atomic E-state index is 11.4. The van der Waals surface area contributed by atoms with E-state index in [1.807, 2.05) is 0 Å². The van der Waals surface area contributed by atoms with Gasteiger partial charge in [-0.2, -0.15) is 0 Å². The molecule has 2 N–H and O–H groups in total. The van der Waals surface area contributed by atoms with E-state index in [1.165, 1.54) is 32.1 Å². The van der Waals surface area contributed by atoms with E-state index in [9.17, 15) is 10.2 Å². The van der Waals surface area contributed by atoms with E-state index in [1.54, 1.807) is 0 Å². The lowest BCUT2D eigenvalue weighted by atomic mass is 9.43. The van der Waals surface area contributed by atoms with Gasteiger partial charge in [-0.25, -0.2) is 0 Å². The normalized spacial score (nSPS) is 49.5. The molecule has 0 aromatic rings. The van der Waals surface area contributed by atoms with Gasteiger partial charge in [-0.05, 0) is 116 Å². The van der Waals surface area contributed by atoms with E-state index >= 15 is 0 Å². The number of allylic oxidation sites excluding steroid dienone is 2. The summed E-state index contributed by atoms with van der Waals surface area (Å²) in [5.41, 5.74) is 0.711. The molecule has 0 spiro atoms. The Balaban J connectivity index is 1.53. The van der Waals surface area contributed by atoms with E-state index < -0.39 is 0 Å². The number of hydrogen-bond acceptors (Lipinski definition) is 2. The van der Waals surface area contributed by atoms with Crippen LogP contribution in [0.2, 0.25) is 0 Å². The van der Waals surface area contributed by atoms with Gasteiger partial charge in [0.2, 0.25) is 0 Å². The molecule has 4 aliphatic carbocycles. The van der Waals surface area contributed by atoms with Gasteiger partial charge in [-0.1, -0.05) is 53.7 Å². The minimum atomic E-state index is -0.159. The van der Waals surface area contributed by atoms with Crippen LogP contribution >= 0.6 is 0 Å². The van der Waals surface area contributed by atoms with E-state index in [2.05, 4.69) is 53.7 Å². The summed E-state index contributed by atoms with van der Waals surface area (Å²) in [7, 11) is 0. The van der Waals surface area contributed by atoms with Gasteiger partial charge in [0.05, 0.1) is 12.2 Å². The average molecular weight is 431 g/mol. The minimum Gasteiger partial charge on any atom is -0.393 e. The van der Waals surface area contributed by atoms with E-state index in [-0.39, 0.29) is 12.2 Å². The van der Waals surface area contributed by atoms with Crippen LogP contribution in [0.4, 0.5) is 0 Å². The van der Waals surface area contributed by atoms with Crippen LogP contribution in [0.1, 0.15) is 99.3 Å². The quantitative estimate of drug-likeness (QED) is 0.468. The molecule has 2 heteroatoms. The van der Waals surface area contributed by atoms with E-state index in [0.717, 1.165) is 37.5 Å². The van der Waals surface area contributed by atoms with Crippen LogP contribution in [0.5, 0.6) is 0 Å². The molecule has 0 aromatic heterocycles. The molecule has 0 saturated heterocycles. The zero-order chi connectivity index (χ0) is 22.6. The van der Waals surface area contributed by atoms with Crippen LogP contribution in [-0.4, -0.2) is 22.4 Å². The standard InChI is InChI=1S/C29H50O2/c1-7-20(18(2)3)9-8-19(4)23-10-11-24-27-25(13-15-29(23,24)6)28(5)14-12-22(30)16-21(28)17-26(27)31/h8-9,18-27,30-31H,7,10-17H2,1-6H3/b9-8+/t19-,20?,21-,22+,23-,24+,25+,26-,27+,28+,29-/m1/s1. The summed E-state index contributed by atoms with van der Waals surface area (Å²) in [6.07, 6.45) is 15.2. The Bertz CT molecular complexity index is 655. The lowest BCUT2D eigenvalue weighted by Crippen LogP contribution is -2.58. The molecule has 2 nitrogen and oxygen atoms in total. The van der Waals surface area contributed by atoms with Crippen molar-refractivity contribution < 1.29 is 10.2 Å². The molecule has 4 fully saturated rings. The van der Waals surface area contributed by atoms with E-state index in [4.69, 9.17) is 0 Å². The molecule has 4 aliphatic rings. The zero-order valence-electron chi connectivity index (χ0n) is 21.2. The molecule has 0 aliphatic heterocycles. The van der Waals surface area contributed by atoms with Crippen molar-refractivity contribution in [1.82, 2.24) is 0 Å². The summed E-state index contributed by atoms with van der Waals surface area (Å²) in [5.74, 6) is 5.13. The average Bonchev–Trinajstić information content (AvgIpc) is 3.06. The molecular formula is C29H50O2. The van der Waals surface area contributed by atoms with Crippen molar-refractivity contribution in [2.45, 2.75) is 112 Å². The predicted octanol–water partition coefficient (Wildman–Crippen LogP) is 6.85. The third-order valence-electron chi connectivity index (χ3n) is 11.4. The van der Waals surface area contributed by atoms with Gasteiger partial charge in [-0.15, -0.1) is 0 Å². The number of fused-ring (bicyclic) bond motifs is 5. The van der Waals surface area contributed by atoms with Crippen LogP contribution in [0.25, 0.3) is 0 Å². The number of hydrogen-bond donors (Lipinski definition) is 2. The van der Waals surface area contributed by atoms with Crippen LogP contribution in [0.3, 0.4) is 0 Å². The molecule has 1 unspecified atom stereocenters. The SMILES string of the molecule is CCC(/C=C/[C@@H](C)[C@H]1CC[C@H]2[C@@H]3[C@H](O)C[C@H]4C[C@@H](O)CC[C@]4(C)[C@H]3CC[C@]12C)C(C)C. The van der Waals surface area contributed by atoms with Crippen molar-refractivity contribution in [2.75, 3.05) is 0 Å². The lowest BCUT2D eigenvalue weighted by molar-refractivity contribution is -0.173. The highest BCUT2D eigenvalue weighted by Gasteiger charge is 2.62. The fourth-order valence-electron chi connectivity index (χ4n) is 9.39. The first-order valence-corrected chi connectivity index (χ1v) is 13.7. The molecule has 4 rings (SSSR count). The monoisotopic (exact) mass is 430 g/mol. The summed E-state index contributed by atoms with van der Waals surface area (Å²) in [6, 6.07) is 0. The molecule has 0 heterocycles. The Morgan fingerprint density at radius 3 is 2.23 bits per heavy atom. The summed E-state index contributed by atoms with van der Waals surface area (Å²) in [6.45, 7) is 14.6. The lowest BCUT2D eigenvalue weighted by Gasteiger charge is -2.62. The summed E-state index contributed by atoms with van der Waals surface area (Å²) in [5, 5.41) is 21.7. The molecule has 0 aromatic carbocycles. The highest BCUT2D eigenvalue weighted by Crippen LogP contribution is 2.68. The summed E-state index contributed by atoms with van der Waals surface area (Å²) < 4.78 is 0. The first-order valence-electron chi connectivity index (χ1n) is 13.7. The molecule has 0 amide bonds. The van der Waals surface area contributed by atoms with Gasteiger partial charge in [0.25, 0.3) is 0 Å². The zero-order valence-corrected chi connectivity index (χ0v) is 21.2. The highest BCUT2D eigenvalue weighted by molar-refractivity contribution is 5.13. The first-order chi connectivity index (χ1) is 14.6. The fraction of sp³-hybridized carbons (Fsp3) is 0.931. The fourth-order valence-corrected chi connectivity index (χ4v) is 9.39. The minimum absolute atomic E-state index is 0.142. The highest BCUT2D eigenvalue weighted by atomic mass is 16.3. The third-order valence-corrected chi connectivity index (χ3v) is 11.4. The molecule has 178 valence electrons. The van der Waals surface area contributed by atoms with Gasteiger partial charge in [0.1, 0.15) is 0 Å². The molecule has 11 atom stereocenters. The molecular weight excluding hydrogens is 380 g/mol. The Morgan fingerprint density at radius 2 is 1.55 bits per heavy atom. The number of aliphatic hydroxyl groups is 2. The van der Waals surface area contributed by atoms with Crippen LogP contribution in [-0.2, 0) is 0 Å². The third kappa shape index (κ3) is 3.96. The van der Waals surface area contributed by atoms with Crippen molar-refractivity contribution in [1.29, 1.82) is 0 Å². The molecule has 0 radical (unpaired) electrons. The topological polar surface area (TPSA) is 40.5 Å². The maximum absolute atomic E-state index is 11.4. The molecule has 31 heavy (non-hydrogen) atoms. The van der Waals surface area contributed by atoms with Gasteiger partial charge in [0, 0.05) is 0 Å². The summed E-state index contributed by atoms with van der Waals surface area (Å²) >= 11 is 0.